The summed E-state index contributed by atoms with van der Waals surface area (Å²) in [5.74, 6) is 1.09. The fraction of sp³-hybridized carbons (Fsp3) is 0.0385. The van der Waals surface area contributed by atoms with Gasteiger partial charge in [0, 0.05) is 16.9 Å². The zero-order chi connectivity index (χ0) is 21.5. The van der Waals surface area contributed by atoms with Crippen LogP contribution in [0.25, 0.3) is 28.2 Å². The summed E-state index contributed by atoms with van der Waals surface area (Å²) in [6.07, 6.45) is 0. The van der Waals surface area contributed by atoms with Crippen LogP contribution in [0.3, 0.4) is 0 Å². The fourth-order valence-electron chi connectivity index (χ4n) is 3.17. The standard InChI is InChI=1S/C26H17N3OS/c27-16-22(17-28)23(19-10-4-1-5-11-19)18-31-26-29-24(20-12-6-2-7-13-20)25(30-26)21-14-8-3-9-15-21/h1-15H,18H2. The molecule has 31 heavy (non-hydrogen) atoms. The first kappa shape index (κ1) is 20.2. The van der Waals surface area contributed by atoms with Gasteiger partial charge >= 0.3 is 0 Å². The van der Waals surface area contributed by atoms with Crippen molar-refractivity contribution < 1.29 is 4.42 Å². The molecule has 0 atom stereocenters. The first-order chi connectivity index (χ1) is 15.3. The van der Waals surface area contributed by atoms with Crippen molar-refractivity contribution >= 4 is 17.3 Å². The highest BCUT2D eigenvalue weighted by molar-refractivity contribution is 7.99. The number of allylic oxidation sites excluding steroid dienone is 1. The summed E-state index contributed by atoms with van der Waals surface area (Å²) in [5.41, 5.74) is 4.26. The minimum atomic E-state index is 0.0943. The smallest absolute Gasteiger partial charge is 0.257 e. The number of thioether (sulfide) groups is 1. The maximum Gasteiger partial charge on any atom is 0.257 e. The van der Waals surface area contributed by atoms with E-state index in [9.17, 15) is 10.5 Å². The van der Waals surface area contributed by atoms with Crippen molar-refractivity contribution in [2.75, 3.05) is 5.75 Å². The summed E-state index contributed by atoms with van der Waals surface area (Å²) in [5, 5.41) is 19.3. The van der Waals surface area contributed by atoms with Gasteiger partial charge in [0.1, 0.15) is 23.4 Å². The van der Waals surface area contributed by atoms with Gasteiger partial charge in [-0.2, -0.15) is 10.5 Å². The predicted octanol–water partition coefficient (Wildman–Crippen LogP) is 6.60. The molecule has 0 unspecified atom stereocenters. The van der Waals surface area contributed by atoms with Gasteiger partial charge in [-0.15, -0.1) is 0 Å². The number of oxazole rings is 1. The van der Waals surface area contributed by atoms with E-state index in [4.69, 9.17) is 9.40 Å². The Morgan fingerprint density at radius 2 is 1.32 bits per heavy atom. The predicted molar refractivity (Wildman–Crippen MR) is 123 cm³/mol. The van der Waals surface area contributed by atoms with E-state index < -0.39 is 0 Å². The van der Waals surface area contributed by atoms with Crippen LogP contribution < -0.4 is 0 Å². The van der Waals surface area contributed by atoms with Crippen molar-refractivity contribution in [1.29, 1.82) is 10.5 Å². The maximum atomic E-state index is 9.42. The van der Waals surface area contributed by atoms with Crippen LogP contribution in [0.1, 0.15) is 5.56 Å². The molecule has 0 saturated carbocycles. The van der Waals surface area contributed by atoms with Gasteiger partial charge < -0.3 is 4.42 Å². The lowest BCUT2D eigenvalue weighted by molar-refractivity contribution is 0.466. The Morgan fingerprint density at radius 3 is 1.90 bits per heavy atom. The van der Waals surface area contributed by atoms with Gasteiger partial charge in [-0.1, -0.05) is 103 Å². The summed E-state index contributed by atoms with van der Waals surface area (Å²) in [6.45, 7) is 0. The lowest BCUT2D eigenvalue weighted by atomic mass is 10.0. The molecule has 3 aromatic carbocycles. The average Bonchev–Trinajstić information content (AvgIpc) is 3.28. The lowest BCUT2D eigenvalue weighted by Gasteiger charge is -2.06. The third-order valence-electron chi connectivity index (χ3n) is 4.68. The second kappa shape index (κ2) is 9.63. The molecule has 148 valence electrons. The summed E-state index contributed by atoms with van der Waals surface area (Å²) < 4.78 is 6.15. The minimum Gasteiger partial charge on any atom is -0.431 e. The zero-order valence-electron chi connectivity index (χ0n) is 16.5. The van der Waals surface area contributed by atoms with Crippen molar-refractivity contribution in [2.24, 2.45) is 0 Å². The van der Waals surface area contributed by atoms with Crippen molar-refractivity contribution in [3.05, 3.63) is 102 Å². The zero-order valence-corrected chi connectivity index (χ0v) is 17.3. The van der Waals surface area contributed by atoms with Gasteiger partial charge in [0.15, 0.2) is 5.76 Å². The largest absolute Gasteiger partial charge is 0.431 e. The van der Waals surface area contributed by atoms with Crippen LogP contribution in [0.15, 0.2) is 106 Å². The second-order valence-corrected chi connectivity index (χ2v) is 7.55. The Bertz CT molecular complexity index is 1210. The van der Waals surface area contributed by atoms with Crippen molar-refractivity contribution in [1.82, 2.24) is 4.98 Å². The summed E-state index contributed by atoms with van der Waals surface area (Å²) >= 11 is 1.37. The van der Waals surface area contributed by atoms with Gasteiger partial charge in [-0.3, -0.25) is 0 Å². The molecule has 0 N–H and O–H groups in total. The molecule has 4 aromatic rings. The van der Waals surface area contributed by atoms with Gasteiger partial charge in [0.05, 0.1) is 0 Å². The third kappa shape index (κ3) is 4.59. The van der Waals surface area contributed by atoms with E-state index in [-0.39, 0.29) is 5.57 Å². The monoisotopic (exact) mass is 419 g/mol. The van der Waals surface area contributed by atoms with E-state index in [1.807, 2.05) is 103 Å². The number of aromatic nitrogens is 1. The molecule has 0 saturated heterocycles. The summed E-state index contributed by atoms with van der Waals surface area (Å²) in [4.78, 5) is 4.74. The topological polar surface area (TPSA) is 73.6 Å². The van der Waals surface area contributed by atoms with Crippen LogP contribution in [-0.2, 0) is 0 Å². The Labute approximate surface area is 185 Å². The number of nitrogens with zero attached hydrogens (tertiary/aromatic N) is 3. The molecule has 5 heteroatoms. The number of rotatable bonds is 6. The molecule has 0 aliphatic rings. The van der Waals surface area contributed by atoms with Crippen LogP contribution >= 0.6 is 11.8 Å². The molecule has 0 amide bonds. The highest BCUT2D eigenvalue weighted by Crippen LogP contribution is 2.37. The van der Waals surface area contributed by atoms with E-state index in [0.717, 1.165) is 22.4 Å². The Balaban J connectivity index is 1.71. The van der Waals surface area contributed by atoms with Crippen LogP contribution in [0.4, 0.5) is 0 Å². The van der Waals surface area contributed by atoms with Crippen LogP contribution in [0.5, 0.6) is 0 Å². The summed E-state index contributed by atoms with van der Waals surface area (Å²) in [7, 11) is 0. The second-order valence-electron chi connectivity index (χ2n) is 6.62. The van der Waals surface area contributed by atoms with Crippen LogP contribution in [0.2, 0.25) is 0 Å². The quantitative estimate of drug-likeness (QED) is 0.260. The van der Waals surface area contributed by atoms with Crippen LogP contribution in [0, 0.1) is 22.7 Å². The van der Waals surface area contributed by atoms with Gasteiger partial charge in [-0.25, -0.2) is 4.98 Å². The van der Waals surface area contributed by atoms with E-state index >= 15 is 0 Å². The highest BCUT2D eigenvalue weighted by Gasteiger charge is 2.18. The Kier molecular flexibility index (Phi) is 6.28. The molecule has 0 spiro atoms. The van der Waals surface area contributed by atoms with Crippen molar-refractivity contribution in [3.8, 4) is 34.7 Å². The maximum absolute atomic E-state index is 9.42. The Morgan fingerprint density at radius 1 is 0.774 bits per heavy atom. The Hall–Kier alpha value is -4.06. The molecule has 0 fully saturated rings. The van der Waals surface area contributed by atoms with Gasteiger partial charge in [-0.05, 0) is 11.1 Å². The minimum absolute atomic E-state index is 0.0943. The van der Waals surface area contributed by atoms with E-state index in [1.165, 1.54) is 11.8 Å². The average molecular weight is 420 g/mol. The fourth-order valence-corrected chi connectivity index (χ4v) is 4.05. The van der Waals surface area contributed by atoms with E-state index in [2.05, 4.69) is 0 Å². The molecule has 0 radical (unpaired) electrons. The molecule has 1 aromatic heterocycles. The number of benzene rings is 3. The molecule has 0 aliphatic heterocycles. The molecular weight excluding hydrogens is 402 g/mol. The van der Waals surface area contributed by atoms with E-state index in [0.29, 0.717) is 22.3 Å². The first-order valence-electron chi connectivity index (χ1n) is 9.63. The van der Waals surface area contributed by atoms with Gasteiger partial charge in [0.2, 0.25) is 0 Å². The summed E-state index contributed by atoms with van der Waals surface area (Å²) in [6, 6.07) is 33.2. The number of hydrogen-bond donors (Lipinski definition) is 0. The molecule has 0 aliphatic carbocycles. The van der Waals surface area contributed by atoms with Crippen LogP contribution in [-0.4, -0.2) is 10.7 Å². The molecule has 1 heterocycles. The van der Waals surface area contributed by atoms with Crippen molar-refractivity contribution in [3.63, 3.8) is 0 Å². The van der Waals surface area contributed by atoms with Gasteiger partial charge in [0.25, 0.3) is 5.22 Å². The number of hydrogen-bond acceptors (Lipinski definition) is 5. The lowest BCUT2D eigenvalue weighted by Crippen LogP contribution is -1.93. The van der Waals surface area contributed by atoms with Crippen molar-refractivity contribution in [2.45, 2.75) is 5.22 Å². The SMILES string of the molecule is N#CC(C#N)=C(CSc1nc(-c2ccccc2)c(-c2ccccc2)o1)c1ccccc1. The molecule has 4 nitrogen and oxygen atoms in total. The first-order valence-corrected chi connectivity index (χ1v) is 10.6. The van der Waals surface area contributed by atoms with E-state index in [1.54, 1.807) is 0 Å². The number of nitriles is 2. The third-order valence-corrected chi connectivity index (χ3v) is 5.53. The molecule has 4 rings (SSSR count). The molecule has 0 bridgehead atoms. The highest BCUT2D eigenvalue weighted by atomic mass is 32.2. The normalized spacial score (nSPS) is 10.1. The molecular formula is C26H17N3OS.